The molecule has 0 atom stereocenters. The van der Waals surface area contributed by atoms with Crippen LogP contribution in [0.1, 0.15) is 10.4 Å². The summed E-state index contributed by atoms with van der Waals surface area (Å²) in [5.41, 5.74) is 5.57. The Labute approximate surface area is 201 Å². The zero-order chi connectivity index (χ0) is 25.4. The van der Waals surface area contributed by atoms with Gasteiger partial charge in [0.05, 0.1) is 34.5 Å². The van der Waals surface area contributed by atoms with Gasteiger partial charge in [0, 0.05) is 26.2 Å². The molecular formula is C22H20N6O6S. The van der Waals surface area contributed by atoms with E-state index in [1.165, 1.54) is 33.3 Å². The number of imidazole rings is 1. The predicted molar refractivity (Wildman–Crippen MR) is 131 cm³/mol. The van der Waals surface area contributed by atoms with E-state index in [9.17, 15) is 24.5 Å². The van der Waals surface area contributed by atoms with E-state index in [1.54, 1.807) is 34.9 Å². The lowest BCUT2D eigenvalue weighted by molar-refractivity contribution is -0.384. The Balaban J connectivity index is 1.81. The number of hydrogen-bond donors (Lipinski definition) is 1. The molecule has 0 aliphatic carbocycles. The van der Waals surface area contributed by atoms with E-state index in [2.05, 4.69) is 4.98 Å². The second-order valence-corrected chi connectivity index (χ2v) is 8.45. The molecule has 4 aromatic rings. The SMILES string of the molecule is COc1ccccc1-n1c(SCC(=O)c2c(N)n(C)c(=O)n(C)c2=O)nc2cc([N+](=O)[O-])ccc21. The maximum atomic E-state index is 13.0. The second kappa shape index (κ2) is 9.10. The molecule has 0 aliphatic rings. The Morgan fingerprint density at radius 2 is 1.89 bits per heavy atom. The number of thioether (sulfide) groups is 1. The minimum absolute atomic E-state index is 0.128. The molecule has 4 rings (SSSR count). The molecule has 0 radical (unpaired) electrons. The Morgan fingerprint density at radius 3 is 2.57 bits per heavy atom. The normalized spacial score (nSPS) is 11.1. The van der Waals surface area contributed by atoms with Crippen LogP contribution >= 0.6 is 11.8 Å². The average Bonchev–Trinajstić information content (AvgIpc) is 3.22. The molecule has 0 bridgehead atoms. The largest absolute Gasteiger partial charge is 0.495 e. The first-order chi connectivity index (χ1) is 16.6. The summed E-state index contributed by atoms with van der Waals surface area (Å²) in [6.07, 6.45) is 0. The molecule has 13 heteroatoms. The number of carbonyl (C=O) groups excluding carboxylic acids is 1. The Kier molecular flexibility index (Phi) is 6.18. The van der Waals surface area contributed by atoms with Gasteiger partial charge in [0.15, 0.2) is 10.9 Å². The minimum Gasteiger partial charge on any atom is -0.495 e. The second-order valence-electron chi connectivity index (χ2n) is 7.51. The van der Waals surface area contributed by atoms with Gasteiger partial charge in [-0.2, -0.15) is 0 Å². The molecule has 35 heavy (non-hydrogen) atoms. The van der Waals surface area contributed by atoms with Gasteiger partial charge >= 0.3 is 5.69 Å². The average molecular weight is 497 g/mol. The van der Waals surface area contributed by atoms with Crippen molar-refractivity contribution in [2.75, 3.05) is 18.6 Å². The van der Waals surface area contributed by atoms with Crippen molar-refractivity contribution in [2.45, 2.75) is 5.16 Å². The van der Waals surface area contributed by atoms with E-state index in [-0.39, 0.29) is 22.8 Å². The first-order valence-electron chi connectivity index (χ1n) is 10.2. The molecule has 0 spiro atoms. The van der Waals surface area contributed by atoms with Crippen LogP contribution < -0.4 is 21.7 Å². The lowest BCUT2D eigenvalue weighted by atomic mass is 10.2. The summed E-state index contributed by atoms with van der Waals surface area (Å²) in [6.45, 7) is 0. The van der Waals surface area contributed by atoms with Crippen molar-refractivity contribution in [1.29, 1.82) is 0 Å². The Hall–Kier alpha value is -4.39. The molecule has 0 aliphatic heterocycles. The van der Waals surface area contributed by atoms with Gasteiger partial charge in [-0.05, 0) is 18.2 Å². The first-order valence-corrected chi connectivity index (χ1v) is 11.2. The third-order valence-electron chi connectivity index (χ3n) is 5.47. The molecule has 12 nitrogen and oxygen atoms in total. The number of nitro groups is 1. The first kappa shape index (κ1) is 23.8. The number of nitro benzene ring substituents is 1. The van der Waals surface area contributed by atoms with Gasteiger partial charge in [-0.1, -0.05) is 23.9 Å². The smallest absolute Gasteiger partial charge is 0.332 e. The van der Waals surface area contributed by atoms with Gasteiger partial charge in [-0.15, -0.1) is 0 Å². The number of ether oxygens (including phenoxy) is 1. The van der Waals surface area contributed by atoms with Gasteiger partial charge in [0.25, 0.3) is 11.2 Å². The van der Waals surface area contributed by atoms with Crippen molar-refractivity contribution < 1.29 is 14.5 Å². The van der Waals surface area contributed by atoms with Gasteiger partial charge in [0.2, 0.25) is 0 Å². The van der Waals surface area contributed by atoms with Crippen molar-refractivity contribution in [1.82, 2.24) is 18.7 Å². The highest BCUT2D eigenvalue weighted by Gasteiger charge is 2.23. The number of para-hydroxylation sites is 2. The lowest BCUT2D eigenvalue weighted by Crippen LogP contribution is -2.41. The van der Waals surface area contributed by atoms with Crippen molar-refractivity contribution in [3.63, 3.8) is 0 Å². The van der Waals surface area contributed by atoms with Crippen molar-refractivity contribution in [2.24, 2.45) is 14.1 Å². The molecule has 0 saturated carbocycles. The number of methoxy groups -OCH3 is 1. The number of non-ortho nitro benzene ring substituents is 1. The number of carbonyl (C=O) groups is 1. The van der Waals surface area contributed by atoms with E-state index in [0.29, 0.717) is 27.6 Å². The number of nitrogens with two attached hydrogens (primary N) is 1. The number of aromatic nitrogens is 4. The summed E-state index contributed by atoms with van der Waals surface area (Å²) in [4.78, 5) is 52.9. The van der Waals surface area contributed by atoms with Crippen LogP contribution in [0.4, 0.5) is 11.5 Å². The van der Waals surface area contributed by atoms with Crippen LogP contribution in [0, 0.1) is 10.1 Å². The maximum Gasteiger partial charge on any atom is 0.332 e. The van der Waals surface area contributed by atoms with Gasteiger partial charge < -0.3 is 10.5 Å². The Bertz CT molecular complexity index is 1620. The quantitative estimate of drug-likeness (QED) is 0.175. The van der Waals surface area contributed by atoms with Crippen LogP contribution in [0.5, 0.6) is 5.75 Å². The summed E-state index contributed by atoms with van der Waals surface area (Å²) >= 11 is 1.02. The maximum absolute atomic E-state index is 13.0. The molecule has 180 valence electrons. The Morgan fingerprint density at radius 1 is 1.17 bits per heavy atom. The fourth-order valence-corrected chi connectivity index (χ4v) is 4.52. The van der Waals surface area contributed by atoms with Crippen molar-refractivity contribution in [3.8, 4) is 11.4 Å². The number of benzene rings is 2. The lowest BCUT2D eigenvalue weighted by Gasteiger charge is -2.13. The zero-order valence-corrected chi connectivity index (χ0v) is 19.7. The number of Topliss-reactive ketones (excluding diaryl/α,β-unsaturated/α-hetero) is 1. The van der Waals surface area contributed by atoms with Crippen molar-refractivity contribution >= 4 is 40.1 Å². The van der Waals surface area contributed by atoms with Crippen LogP contribution in [0.15, 0.2) is 57.2 Å². The number of rotatable bonds is 7. The van der Waals surface area contributed by atoms with Crippen LogP contribution in [0.3, 0.4) is 0 Å². The van der Waals surface area contributed by atoms with Gasteiger partial charge in [0.1, 0.15) is 17.1 Å². The molecule has 0 amide bonds. The topological polar surface area (TPSA) is 157 Å². The van der Waals surface area contributed by atoms with E-state index >= 15 is 0 Å². The third kappa shape index (κ3) is 4.05. The molecular weight excluding hydrogens is 476 g/mol. The minimum atomic E-state index is -0.787. The van der Waals surface area contributed by atoms with Gasteiger partial charge in [-0.3, -0.25) is 33.4 Å². The molecule has 2 N–H and O–H groups in total. The summed E-state index contributed by atoms with van der Waals surface area (Å²) < 4.78 is 9.04. The van der Waals surface area contributed by atoms with Gasteiger partial charge in [-0.25, -0.2) is 9.78 Å². The highest BCUT2D eigenvalue weighted by Crippen LogP contribution is 2.34. The van der Waals surface area contributed by atoms with Crippen LogP contribution in [-0.2, 0) is 14.1 Å². The van der Waals surface area contributed by atoms with Crippen LogP contribution in [-0.4, -0.2) is 42.3 Å². The monoisotopic (exact) mass is 496 g/mol. The fraction of sp³-hybridized carbons (Fsp3) is 0.182. The van der Waals surface area contributed by atoms with Crippen LogP contribution in [0.25, 0.3) is 16.7 Å². The van der Waals surface area contributed by atoms with E-state index in [0.717, 1.165) is 20.9 Å². The number of fused-ring (bicyclic) bond motifs is 1. The standard InChI is InChI=1S/C22H20N6O6S/c1-25-19(23)18(20(30)26(2)22(25)31)16(29)11-35-21-24-13-10-12(28(32)33)8-9-14(13)27(21)15-6-4-5-7-17(15)34-3/h4-10H,11,23H2,1-3H3. The van der Waals surface area contributed by atoms with Crippen molar-refractivity contribution in [3.05, 3.63) is 79.0 Å². The number of nitrogen functional groups attached to an aromatic ring is 1. The molecule has 2 aromatic carbocycles. The molecule has 0 unspecified atom stereocenters. The molecule has 0 saturated heterocycles. The summed E-state index contributed by atoms with van der Waals surface area (Å²) in [5.74, 6) is -0.515. The summed E-state index contributed by atoms with van der Waals surface area (Å²) in [7, 11) is 4.15. The molecule has 2 aromatic heterocycles. The highest BCUT2D eigenvalue weighted by molar-refractivity contribution is 7.99. The van der Waals surface area contributed by atoms with E-state index in [1.807, 2.05) is 0 Å². The number of anilines is 1. The van der Waals surface area contributed by atoms with E-state index in [4.69, 9.17) is 10.5 Å². The number of ketones is 1. The predicted octanol–water partition coefficient (Wildman–Crippen LogP) is 1.90. The summed E-state index contributed by atoms with van der Waals surface area (Å²) in [5, 5.41) is 11.6. The molecule has 2 heterocycles. The third-order valence-corrected chi connectivity index (χ3v) is 6.40. The molecule has 0 fully saturated rings. The fourth-order valence-electron chi connectivity index (χ4n) is 3.63. The number of nitrogens with zero attached hydrogens (tertiary/aromatic N) is 5. The highest BCUT2D eigenvalue weighted by atomic mass is 32.2. The number of hydrogen-bond acceptors (Lipinski definition) is 9. The summed E-state index contributed by atoms with van der Waals surface area (Å²) in [6, 6.07) is 11.4. The van der Waals surface area contributed by atoms with E-state index < -0.39 is 22.0 Å². The zero-order valence-electron chi connectivity index (χ0n) is 18.9. The van der Waals surface area contributed by atoms with Crippen LogP contribution in [0.2, 0.25) is 0 Å².